The van der Waals surface area contributed by atoms with Gasteiger partial charge in [-0.25, -0.2) is 4.79 Å². The van der Waals surface area contributed by atoms with Crippen molar-refractivity contribution in [2.45, 2.75) is 19.0 Å². The average molecular weight is 382 g/mol. The second-order valence-electron chi connectivity index (χ2n) is 5.80. The maximum absolute atomic E-state index is 12.0. The average Bonchev–Trinajstić information content (AvgIpc) is 3.12. The number of benzene rings is 2. The van der Waals surface area contributed by atoms with E-state index in [1.165, 1.54) is 4.68 Å². The first kappa shape index (κ1) is 18.6. The van der Waals surface area contributed by atoms with Crippen LogP contribution in [0.15, 0.2) is 53.7 Å². The van der Waals surface area contributed by atoms with Crippen molar-refractivity contribution in [1.29, 1.82) is 0 Å². The van der Waals surface area contributed by atoms with E-state index in [0.717, 1.165) is 28.6 Å². The van der Waals surface area contributed by atoms with Crippen molar-refractivity contribution in [3.8, 4) is 5.69 Å². The van der Waals surface area contributed by atoms with Gasteiger partial charge in [0.15, 0.2) is 0 Å². The molecule has 3 rings (SSSR count). The molecule has 3 amide bonds. The summed E-state index contributed by atoms with van der Waals surface area (Å²) in [6, 6.07) is 14.3. The van der Waals surface area contributed by atoms with Crippen LogP contribution in [0.4, 0.5) is 10.5 Å². The van der Waals surface area contributed by atoms with Crippen LogP contribution in [0.1, 0.15) is 11.1 Å². The smallest absolute Gasteiger partial charge is 0.308 e. The highest BCUT2D eigenvalue weighted by Crippen LogP contribution is 2.17. The topological polar surface area (TPSA) is 102 Å². The van der Waals surface area contributed by atoms with Gasteiger partial charge in [0.25, 0.3) is 0 Å². The van der Waals surface area contributed by atoms with Crippen molar-refractivity contribution in [1.82, 2.24) is 25.5 Å². The molecule has 0 aliphatic rings. The number of para-hydroxylation sites is 1. The van der Waals surface area contributed by atoms with E-state index in [4.69, 9.17) is 0 Å². The van der Waals surface area contributed by atoms with Gasteiger partial charge in [0.1, 0.15) is 0 Å². The molecule has 0 fully saturated rings. The van der Waals surface area contributed by atoms with Crippen molar-refractivity contribution in [2.24, 2.45) is 0 Å². The van der Waals surface area contributed by atoms with Crippen molar-refractivity contribution >= 4 is 29.4 Å². The van der Waals surface area contributed by atoms with Crippen LogP contribution in [0.25, 0.3) is 5.69 Å². The number of hydrogen-bond donors (Lipinski definition) is 2. The van der Waals surface area contributed by atoms with Crippen LogP contribution in [0.3, 0.4) is 0 Å². The third-order valence-electron chi connectivity index (χ3n) is 3.79. The van der Waals surface area contributed by atoms with Crippen molar-refractivity contribution in [2.75, 3.05) is 11.1 Å². The number of aryl methyl sites for hydroxylation is 2. The summed E-state index contributed by atoms with van der Waals surface area (Å²) >= 11 is 1.14. The first-order valence-corrected chi connectivity index (χ1v) is 9.16. The molecule has 2 N–H and O–H groups in total. The number of imide groups is 1. The van der Waals surface area contributed by atoms with Crippen LogP contribution in [0.5, 0.6) is 0 Å². The highest BCUT2D eigenvalue weighted by Gasteiger charge is 2.13. The molecule has 0 radical (unpaired) electrons. The maximum atomic E-state index is 12.0. The van der Waals surface area contributed by atoms with Crippen LogP contribution < -0.4 is 10.6 Å². The molecule has 0 spiro atoms. The van der Waals surface area contributed by atoms with Gasteiger partial charge >= 0.3 is 6.03 Å². The lowest BCUT2D eigenvalue weighted by atomic mass is 10.1. The fourth-order valence-electron chi connectivity index (χ4n) is 2.27. The SMILES string of the molecule is Cc1ccc(NC(=O)NC(=O)CSc2nnnn2-c2ccccc2)cc1C. The predicted octanol–water partition coefficient (Wildman–Crippen LogP) is 2.72. The number of carbonyl (C=O) groups is 2. The first-order chi connectivity index (χ1) is 13.0. The summed E-state index contributed by atoms with van der Waals surface area (Å²) in [5.74, 6) is -0.433. The monoisotopic (exact) mass is 382 g/mol. The lowest BCUT2D eigenvalue weighted by Gasteiger charge is -2.08. The number of carbonyl (C=O) groups excluding carboxylic acids is 2. The summed E-state index contributed by atoms with van der Waals surface area (Å²) < 4.78 is 1.53. The number of urea groups is 1. The highest BCUT2D eigenvalue weighted by atomic mass is 32.2. The van der Waals surface area contributed by atoms with E-state index < -0.39 is 11.9 Å². The first-order valence-electron chi connectivity index (χ1n) is 8.17. The fraction of sp³-hybridized carbons (Fsp3) is 0.167. The van der Waals surface area contributed by atoms with Gasteiger partial charge in [-0.1, -0.05) is 36.0 Å². The minimum atomic E-state index is -0.577. The Labute approximate surface area is 160 Å². The number of rotatable bonds is 5. The Balaban J connectivity index is 1.54. The second kappa shape index (κ2) is 8.45. The standard InChI is InChI=1S/C18H18N6O2S/c1-12-8-9-14(10-13(12)2)19-17(26)20-16(25)11-27-18-21-22-23-24(18)15-6-4-3-5-7-15/h3-10H,11H2,1-2H3,(H2,19,20,25,26). The largest absolute Gasteiger partial charge is 0.325 e. The Kier molecular flexibility index (Phi) is 5.82. The van der Waals surface area contributed by atoms with Crippen LogP contribution in [0.2, 0.25) is 0 Å². The molecule has 3 aromatic rings. The summed E-state index contributed by atoms with van der Waals surface area (Å²) in [7, 11) is 0. The van der Waals surface area contributed by atoms with E-state index in [2.05, 4.69) is 26.2 Å². The Morgan fingerprint density at radius 1 is 1.07 bits per heavy atom. The molecule has 138 valence electrons. The molecular formula is C18H18N6O2S. The number of thioether (sulfide) groups is 1. The Bertz CT molecular complexity index is 957. The lowest BCUT2D eigenvalue weighted by molar-refractivity contribution is -0.117. The number of nitrogens with one attached hydrogen (secondary N) is 2. The van der Waals surface area contributed by atoms with E-state index in [1.807, 2.05) is 56.3 Å². The van der Waals surface area contributed by atoms with E-state index in [-0.39, 0.29) is 5.75 Å². The lowest BCUT2D eigenvalue weighted by Crippen LogP contribution is -2.35. The third kappa shape index (κ3) is 4.91. The van der Waals surface area contributed by atoms with E-state index in [9.17, 15) is 9.59 Å². The molecule has 27 heavy (non-hydrogen) atoms. The zero-order valence-electron chi connectivity index (χ0n) is 14.8. The van der Waals surface area contributed by atoms with Gasteiger partial charge in [0, 0.05) is 5.69 Å². The second-order valence-corrected chi connectivity index (χ2v) is 6.74. The molecule has 2 aromatic carbocycles. The van der Waals surface area contributed by atoms with Crippen molar-refractivity contribution in [3.63, 3.8) is 0 Å². The summed E-state index contributed by atoms with van der Waals surface area (Å²) in [6.07, 6.45) is 0. The number of nitrogens with zero attached hydrogens (tertiary/aromatic N) is 4. The van der Waals surface area contributed by atoms with Crippen LogP contribution >= 0.6 is 11.8 Å². The van der Waals surface area contributed by atoms with Gasteiger partial charge in [0.05, 0.1) is 11.4 Å². The summed E-state index contributed by atoms with van der Waals surface area (Å²) in [5.41, 5.74) is 3.61. The molecule has 1 heterocycles. The number of tetrazole rings is 1. The minimum absolute atomic E-state index is 0.00749. The van der Waals surface area contributed by atoms with E-state index >= 15 is 0 Å². The highest BCUT2D eigenvalue weighted by molar-refractivity contribution is 7.99. The van der Waals surface area contributed by atoms with Gasteiger partial charge in [-0.05, 0) is 59.7 Å². The third-order valence-corrected chi connectivity index (χ3v) is 4.71. The molecule has 8 nitrogen and oxygen atoms in total. The molecule has 0 bridgehead atoms. The van der Waals surface area contributed by atoms with E-state index in [1.54, 1.807) is 6.07 Å². The number of amides is 3. The van der Waals surface area contributed by atoms with Gasteiger partial charge < -0.3 is 5.32 Å². The fourth-order valence-corrected chi connectivity index (χ4v) is 2.97. The molecule has 0 aliphatic carbocycles. The zero-order chi connectivity index (χ0) is 19.2. The Morgan fingerprint density at radius 3 is 2.59 bits per heavy atom. The zero-order valence-corrected chi connectivity index (χ0v) is 15.7. The number of anilines is 1. The van der Waals surface area contributed by atoms with Crippen LogP contribution in [-0.2, 0) is 4.79 Å². The molecule has 0 saturated carbocycles. The summed E-state index contributed by atoms with van der Waals surface area (Å²) in [5, 5.41) is 16.9. The molecular weight excluding hydrogens is 364 g/mol. The Morgan fingerprint density at radius 2 is 1.85 bits per heavy atom. The number of hydrogen-bond acceptors (Lipinski definition) is 6. The number of aromatic nitrogens is 4. The van der Waals surface area contributed by atoms with E-state index in [0.29, 0.717) is 10.8 Å². The quantitative estimate of drug-likeness (QED) is 0.658. The van der Waals surface area contributed by atoms with Gasteiger partial charge in [0.2, 0.25) is 11.1 Å². The minimum Gasteiger partial charge on any atom is -0.308 e. The van der Waals surface area contributed by atoms with Gasteiger partial charge in [-0.15, -0.1) is 5.10 Å². The molecule has 0 aliphatic heterocycles. The van der Waals surface area contributed by atoms with Gasteiger partial charge in [-0.2, -0.15) is 4.68 Å². The molecule has 9 heteroatoms. The van der Waals surface area contributed by atoms with Gasteiger partial charge in [-0.3, -0.25) is 10.1 Å². The molecule has 0 atom stereocenters. The summed E-state index contributed by atoms with van der Waals surface area (Å²) in [4.78, 5) is 24.0. The van der Waals surface area contributed by atoms with Crippen molar-refractivity contribution in [3.05, 3.63) is 59.7 Å². The van der Waals surface area contributed by atoms with Crippen molar-refractivity contribution < 1.29 is 9.59 Å². The summed E-state index contributed by atoms with van der Waals surface area (Å²) in [6.45, 7) is 3.94. The van der Waals surface area contributed by atoms with Crippen LogP contribution in [0, 0.1) is 13.8 Å². The molecule has 1 aromatic heterocycles. The normalized spacial score (nSPS) is 10.4. The Hall–Kier alpha value is -3.20. The molecule has 0 saturated heterocycles. The maximum Gasteiger partial charge on any atom is 0.325 e. The predicted molar refractivity (Wildman–Crippen MR) is 103 cm³/mol. The van der Waals surface area contributed by atoms with Crippen LogP contribution in [-0.4, -0.2) is 37.9 Å². The molecule has 0 unspecified atom stereocenters.